The molecule has 0 aliphatic carbocycles. The molecule has 160 valence electrons. The molecule has 4 aromatic rings. The van der Waals surface area contributed by atoms with Gasteiger partial charge in [0.1, 0.15) is 5.75 Å². The zero-order chi connectivity index (χ0) is 21.9. The number of thioether (sulfide) groups is 1. The second-order valence-corrected chi connectivity index (χ2v) is 9.05. The van der Waals surface area contributed by atoms with Gasteiger partial charge < -0.3 is 9.15 Å². The zero-order valence-corrected chi connectivity index (χ0v) is 18.9. The van der Waals surface area contributed by atoms with Gasteiger partial charge in [-0.2, -0.15) is 0 Å². The van der Waals surface area contributed by atoms with E-state index in [1.54, 1.807) is 23.8 Å². The number of rotatable bonds is 6. The fourth-order valence-corrected chi connectivity index (χ4v) is 5.13. The lowest BCUT2D eigenvalue weighted by Gasteiger charge is -2.30. The SMILES string of the molecule is COc1ccc(Cc2nnc(SCC(=O)N3c4ccccc4Sc4ccccc43)o2)cc1. The highest BCUT2D eigenvalue weighted by molar-refractivity contribution is 8.00. The van der Waals surface area contributed by atoms with Crippen LogP contribution >= 0.6 is 23.5 Å². The first-order valence-corrected chi connectivity index (χ1v) is 11.8. The first-order valence-electron chi connectivity index (χ1n) is 9.98. The number of carbonyl (C=O) groups excluding carboxylic acids is 1. The lowest BCUT2D eigenvalue weighted by molar-refractivity contribution is -0.115. The van der Waals surface area contributed by atoms with Crippen LogP contribution in [0, 0.1) is 0 Å². The van der Waals surface area contributed by atoms with Gasteiger partial charge in [-0.1, -0.05) is 59.9 Å². The molecule has 0 fully saturated rings. The topological polar surface area (TPSA) is 68.5 Å². The van der Waals surface area contributed by atoms with E-state index in [1.165, 1.54) is 11.8 Å². The molecule has 3 aromatic carbocycles. The molecule has 0 N–H and O–H groups in total. The van der Waals surface area contributed by atoms with Crippen LogP contribution in [-0.2, 0) is 11.2 Å². The highest BCUT2D eigenvalue weighted by Gasteiger charge is 2.28. The Balaban J connectivity index is 1.28. The molecule has 0 saturated heterocycles. The van der Waals surface area contributed by atoms with Gasteiger partial charge in [0.25, 0.3) is 5.22 Å². The zero-order valence-electron chi connectivity index (χ0n) is 17.2. The Bertz CT molecular complexity index is 1210. The van der Waals surface area contributed by atoms with Crippen LogP contribution in [0.25, 0.3) is 0 Å². The average molecular weight is 462 g/mol. The monoisotopic (exact) mass is 461 g/mol. The van der Waals surface area contributed by atoms with E-state index in [1.807, 2.05) is 72.8 Å². The number of fused-ring (bicyclic) bond motifs is 2. The summed E-state index contributed by atoms with van der Waals surface area (Å²) in [5.74, 6) is 1.46. The third-order valence-electron chi connectivity index (χ3n) is 4.96. The van der Waals surface area contributed by atoms with E-state index >= 15 is 0 Å². The van der Waals surface area contributed by atoms with E-state index in [-0.39, 0.29) is 11.7 Å². The number of nitrogens with zero attached hydrogens (tertiary/aromatic N) is 3. The molecule has 5 rings (SSSR count). The average Bonchev–Trinajstić information content (AvgIpc) is 3.28. The molecule has 0 unspecified atom stereocenters. The minimum atomic E-state index is -0.0369. The van der Waals surface area contributed by atoms with Crippen LogP contribution in [0.1, 0.15) is 11.5 Å². The van der Waals surface area contributed by atoms with Crippen molar-refractivity contribution in [2.45, 2.75) is 21.4 Å². The standard InChI is InChI=1S/C24H19N3O3S2/c1-29-17-12-10-16(11-13-17)14-22-25-26-24(30-22)31-15-23(28)27-18-6-2-4-8-20(18)32-21-9-5-3-7-19(21)27/h2-13H,14-15H2,1H3. The number of ether oxygens (including phenoxy) is 1. The van der Waals surface area contributed by atoms with Crippen LogP contribution in [0.5, 0.6) is 5.75 Å². The van der Waals surface area contributed by atoms with Crippen molar-refractivity contribution in [1.82, 2.24) is 10.2 Å². The smallest absolute Gasteiger partial charge is 0.277 e. The van der Waals surface area contributed by atoms with Crippen LogP contribution in [0.2, 0.25) is 0 Å². The van der Waals surface area contributed by atoms with Gasteiger partial charge in [-0.05, 0) is 42.0 Å². The van der Waals surface area contributed by atoms with E-state index in [0.717, 1.165) is 32.5 Å². The van der Waals surface area contributed by atoms with Crippen LogP contribution < -0.4 is 9.64 Å². The highest BCUT2D eigenvalue weighted by atomic mass is 32.2. The maximum absolute atomic E-state index is 13.2. The Kier molecular flexibility index (Phi) is 5.87. The summed E-state index contributed by atoms with van der Waals surface area (Å²) in [6.45, 7) is 0. The molecule has 1 aliphatic rings. The molecule has 1 aromatic heterocycles. The molecule has 32 heavy (non-hydrogen) atoms. The molecule has 6 nitrogen and oxygen atoms in total. The highest BCUT2D eigenvalue weighted by Crippen LogP contribution is 2.48. The summed E-state index contributed by atoms with van der Waals surface area (Å²) in [5, 5.41) is 8.60. The predicted molar refractivity (Wildman–Crippen MR) is 125 cm³/mol. The van der Waals surface area contributed by atoms with Crippen molar-refractivity contribution in [3.63, 3.8) is 0 Å². The lowest BCUT2D eigenvalue weighted by atomic mass is 10.1. The minimum Gasteiger partial charge on any atom is -0.497 e. The molecule has 1 amide bonds. The van der Waals surface area contributed by atoms with E-state index in [0.29, 0.717) is 17.5 Å². The molecular formula is C24H19N3O3S2. The van der Waals surface area contributed by atoms with Gasteiger partial charge in [0.15, 0.2) is 0 Å². The van der Waals surface area contributed by atoms with Crippen molar-refractivity contribution >= 4 is 40.8 Å². The van der Waals surface area contributed by atoms with Gasteiger partial charge in [0.05, 0.1) is 30.7 Å². The second-order valence-electron chi connectivity index (χ2n) is 7.04. The number of methoxy groups -OCH3 is 1. The summed E-state index contributed by atoms with van der Waals surface area (Å²) < 4.78 is 10.9. The minimum absolute atomic E-state index is 0.0369. The molecule has 8 heteroatoms. The van der Waals surface area contributed by atoms with E-state index < -0.39 is 0 Å². The molecule has 0 radical (unpaired) electrons. The Hall–Kier alpha value is -3.23. The van der Waals surface area contributed by atoms with Gasteiger partial charge in [-0.3, -0.25) is 9.69 Å². The summed E-state index contributed by atoms with van der Waals surface area (Å²) in [7, 11) is 1.64. The number of hydrogen-bond donors (Lipinski definition) is 0. The fraction of sp³-hybridized carbons (Fsp3) is 0.125. The van der Waals surface area contributed by atoms with Crippen LogP contribution in [0.15, 0.2) is 92.2 Å². The third kappa shape index (κ3) is 4.24. The Labute approximate surface area is 194 Å². The summed E-state index contributed by atoms with van der Waals surface area (Å²) in [6, 6.07) is 23.6. The van der Waals surface area contributed by atoms with Gasteiger partial charge in [0, 0.05) is 9.79 Å². The van der Waals surface area contributed by atoms with Crippen LogP contribution in [0.3, 0.4) is 0 Å². The predicted octanol–water partition coefficient (Wildman–Crippen LogP) is 5.59. The summed E-state index contributed by atoms with van der Waals surface area (Å²) in [6.07, 6.45) is 0.523. The Morgan fingerprint density at radius 1 is 0.969 bits per heavy atom. The van der Waals surface area contributed by atoms with E-state index in [2.05, 4.69) is 10.2 Å². The molecule has 0 spiro atoms. The summed E-state index contributed by atoms with van der Waals surface area (Å²) in [4.78, 5) is 17.1. The van der Waals surface area contributed by atoms with Gasteiger partial charge in [-0.15, -0.1) is 10.2 Å². The number of carbonyl (C=O) groups is 1. The fourth-order valence-electron chi connectivity index (χ4n) is 3.45. The molecule has 0 saturated carbocycles. The molecule has 1 aliphatic heterocycles. The number of amides is 1. The molecule has 0 atom stereocenters. The number of hydrogen-bond acceptors (Lipinski definition) is 7. The van der Waals surface area contributed by atoms with Gasteiger partial charge >= 0.3 is 0 Å². The number of aromatic nitrogens is 2. The Morgan fingerprint density at radius 3 is 2.28 bits per heavy atom. The number of benzene rings is 3. The number of anilines is 2. The molecular weight excluding hydrogens is 442 g/mol. The van der Waals surface area contributed by atoms with Crippen molar-refractivity contribution < 1.29 is 13.9 Å². The van der Waals surface area contributed by atoms with Crippen molar-refractivity contribution in [3.8, 4) is 5.75 Å². The third-order valence-corrected chi connectivity index (χ3v) is 6.90. The second kappa shape index (κ2) is 9.10. The molecule has 0 bridgehead atoms. The van der Waals surface area contributed by atoms with Crippen molar-refractivity contribution in [1.29, 1.82) is 0 Å². The number of para-hydroxylation sites is 2. The maximum Gasteiger partial charge on any atom is 0.277 e. The first kappa shape index (κ1) is 20.7. The van der Waals surface area contributed by atoms with Crippen LogP contribution in [0.4, 0.5) is 11.4 Å². The van der Waals surface area contributed by atoms with E-state index in [4.69, 9.17) is 9.15 Å². The quantitative estimate of drug-likeness (QED) is 0.347. The normalized spacial score (nSPS) is 12.2. The van der Waals surface area contributed by atoms with E-state index in [9.17, 15) is 4.79 Å². The van der Waals surface area contributed by atoms with Gasteiger partial charge in [-0.25, -0.2) is 0 Å². The van der Waals surface area contributed by atoms with Crippen molar-refractivity contribution in [3.05, 3.63) is 84.3 Å². The lowest BCUT2D eigenvalue weighted by Crippen LogP contribution is -2.29. The molecule has 2 heterocycles. The Morgan fingerprint density at radius 2 is 1.62 bits per heavy atom. The first-order chi connectivity index (χ1) is 15.7. The summed E-state index contributed by atoms with van der Waals surface area (Å²) >= 11 is 2.93. The van der Waals surface area contributed by atoms with Gasteiger partial charge in [0.2, 0.25) is 11.8 Å². The van der Waals surface area contributed by atoms with Crippen LogP contribution in [-0.4, -0.2) is 29.0 Å². The maximum atomic E-state index is 13.2. The summed E-state index contributed by atoms with van der Waals surface area (Å²) in [5.41, 5.74) is 2.83. The van der Waals surface area contributed by atoms with Crippen molar-refractivity contribution in [2.24, 2.45) is 0 Å². The largest absolute Gasteiger partial charge is 0.497 e. The van der Waals surface area contributed by atoms with Crippen molar-refractivity contribution in [2.75, 3.05) is 17.8 Å².